The molecule has 1 aromatic heterocycles. The molecule has 3 fully saturated rings. The fourth-order valence-corrected chi connectivity index (χ4v) is 4.80. The van der Waals surface area contributed by atoms with Crippen LogP contribution >= 0.6 is 0 Å². The van der Waals surface area contributed by atoms with Gasteiger partial charge in [0.1, 0.15) is 5.82 Å². The van der Waals surface area contributed by atoms with Gasteiger partial charge in [0.25, 0.3) is 0 Å². The lowest BCUT2D eigenvalue weighted by Gasteiger charge is -2.58. The van der Waals surface area contributed by atoms with Crippen LogP contribution in [0.4, 0.5) is 4.39 Å². The van der Waals surface area contributed by atoms with Crippen LogP contribution in [-0.2, 0) is 4.79 Å². The van der Waals surface area contributed by atoms with E-state index in [2.05, 4.69) is 11.9 Å². The highest BCUT2D eigenvalue weighted by Crippen LogP contribution is 2.47. The number of H-pyrrole nitrogens is 1. The lowest BCUT2D eigenvalue weighted by molar-refractivity contribution is -0.178. The minimum atomic E-state index is -0.548. The van der Waals surface area contributed by atoms with Gasteiger partial charge in [-0.05, 0) is 49.3 Å². The molecule has 2 aliphatic heterocycles. The van der Waals surface area contributed by atoms with E-state index < -0.39 is 5.60 Å². The topological polar surface area (TPSA) is 56.3 Å². The first-order chi connectivity index (χ1) is 11.9. The Kier molecular flexibility index (Phi) is 3.87. The summed E-state index contributed by atoms with van der Waals surface area (Å²) in [7, 11) is 0. The van der Waals surface area contributed by atoms with Gasteiger partial charge in [-0.15, -0.1) is 0 Å². The third kappa shape index (κ3) is 2.65. The van der Waals surface area contributed by atoms with Gasteiger partial charge in [-0.3, -0.25) is 4.79 Å². The second-order valence-electron chi connectivity index (χ2n) is 7.87. The molecule has 134 valence electrons. The predicted molar refractivity (Wildman–Crippen MR) is 94.8 cm³/mol. The summed E-state index contributed by atoms with van der Waals surface area (Å²) in [6.07, 6.45) is 5.13. The normalized spacial score (nSPS) is 29.5. The van der Waals surface area contributed by atoms with E-state index in [-0.39, 0.29) is 29.7 Å². The van der Waals surface area contributed by atoms with Gasteiger partial charge in [-0.25, -0.2) is 4.39 Å². The Balaban J connectivity index is 1.54. The number of halogens is 1. The van der Waals surface area contributed by atoms with E-state index >= 15 is 0 Å². The van der Waals surface area contributed by atoms with Gasteiger partial charge in [0.15, 0.2) is 0 Å². The molecule has 3 heterocycles. The van der Waals surface area contributed by atoms with Gasteiger partial charge in [0, 0.05) is 35.6 Å². The summed E-state index contributed by atoms with van der Waals surface area (Å²) in [6.45, 7) is 4.05. The third-order valence-electron chi connectivity index (χ3n) is 6.09. The smallest absolute Gasteiger partial charge is 0.223 e. The van der Waals surface area contributed by atoms with Gasteiger partial charge in [-0.2, -0.15) is 0 Å². The van der Waals surface area contributed by atoms with E-state index in [9.17, 15) is 14.3 Å². The molecule has 1 saturated carbocycles. The van der Waals surface area contributed by atoms with Crippen LogP contribution in [0.25, 0.3) is 10.9 Å². The largest absolute Gasteiger partial charge is 0.390 e. The Hall–Kier alpha value is -1.88. The summed E-state index contributed by atoms with van der Waals surface area (Å²) >= 11 is 0. The number of hydrogen-bond acceptors (Lipinski definition) is 2. The second kappa shape index (κ2) is 5.84. The molecule has 1 amide bonds. The fraction of sp³-hybridized carbons (Fsp3) is 0.550. The maximum absolute atomic E-state index is 14.2. The summed E-state index contributed by atoms with van der Waals surface area (Å²) in [5, 5.41) is 10.9. The van der Waals surface area contributed by atoms with Gasteiger partial charge in [-0.1, -0.05) is 19.9 Å². The first kappa shape index (κ1) is 16.6. The monoisotopic (exact) mass is 344 g/mol. The molecular formula is C20H25FN2O2. The first-order valence-electron chi connectivity index (χ1n) is 9.21. The lowest BCUT2D eigenvalue weighted by atomic mass is 9.66. The van der Waals surface area contributed by atoms with Crippen LogP contribution in [0.5, 0.6) is 0 Å². The third-order valence-corrected chi connectivity index (χ3v) is 6.09. The van der Waals surface area contributed by atoms with Crippen molar-refractivity contribution in [1.82, 2.24) is 9.88 Å². The van der Waals surface area contributed by atoms with Crippen molar-refractivity contribution in [3.05, 3.63) is 35.8 Å². The molecule has 0 spiro atoms. The molecule has 1 aromatic carbocycles. The average Bonchev–Trinajstić information content (AvgIpc) is 2.98. The number of piperidine rings is 2. The van der Waals surface area contributed by atoms with Crippen LogP contribution in [-0.4, -0.2) is 38.6 Å². The molecule has 25 heavy (non-hydrogen) atoms. The zero-order valence-corrected chi connectivity index (χ0v) is 14.8. The van der Waals surface area contributed by atoms with Crippen LogP contribution in [0.1, 0.15) is 57.4 Å². The Morgan fingerprint density at radius 1 is 1.44 bits per heavy atom. The van der Waals surface area contributed by atoms with Crippen LogP contribution < -0.4 is 0 Å². The van der Waals surface area contributed by atoms with Crippen molar-refractivity contribution in [1.29, 1.82) is 0 Å². The SMILES string of the molecule is CCC1CC2(O)CC(C2)N1C(=O)CC(C)c1c[nH]c2cccc(F)c12. The van der Waals surface area contributed by atoms with Crippen molar-refractivity contribution in [2.75, 3.05) is 0 Å². The Morgan fingerprint density at radius 3 is 2.92 bits per heavy atom. The van der Waals surface area contributed by atoms with Gasteiger partial charge in [0.05, 0.1) is 5.60 Å². The molecule has 2 N–H and O–H groups in total. The maximum atomic E-state index is 14.2. The summed E-state index contributed by atoms with van der Waals surface area (Å²) in [4.78, 5) is 18.1. The van der Waals surface area contributed by atoms with Crippen LogP contribution in [0, 0.1) is 5.82 Å². The standard InChI is InChI=1S/C20H25FN2O2/c1-3-13-8-20(25)9-14(10-20)23(13)18(24)7-12(2)15-11-22-17-6-4-5-16(21)19(15)17/h4-6,11-14,22,25H,3,7-10H2,1-2H3. The molecule has 5 rings (SSSR count). The number of rotatable bonds is 4. The molecule has 2 unspecified atom stereocenters. The Bertz CT molecular complexity index is 809. The van der Waals surface area contributed by atoms with Gasteiger partial charge in [0.2, 0.25) is 5.91 Å². The molecule has 3 aliphatic rings. The molecule has 2 bridgehead atoms. The van der Waals surface area contributed by atoms with Crippen molar-refractivity contribution in [2.45, 2.75) is 69.6 Å². The number of fused-ring (bicyclic) bond motifs is 3. The zero-order chi connectivity index (χ0) is 17.8. The van der Waals surface area contributed by atoms with Crippen LogP contribution in [0.3, 0.4) is 0 Å². The molecule has 2 aromatic rings. The number of carbonyl (C=O) groups is 1. The highest BCUT2D eigenvalue weighted by molar-refractivity contribution is 5.86. The van der Waals surface area contributed by atoms with Crippen molar-refractivity contribution < 1.29 is 14.3 Å². The number of benzene rings is 1. The van der Waals surface area contributed by atoms with Crippen LogP contribution in [0.2, 0.25) is 0 Å². The molecule has 2 saturated heterocycles. The molecular weight excluding hydrogens is 319 g/mol. The Labute approximate surface area is 147 Å². The number of aliphatic hydroxyl groups is 1. The fourth-order valence-electron chi connectivity index (χ4n) is 4.80. The van der Waals surface area contributed by atoms with E-state index in [1.165, 1.54) is 6.07 Å². The number of nitrogens with one attached hydrogen (secondary N) is 1. The quantitative estimate of drug-likeness (QED) is 0.888. The number of hydrogen-bond donors (Lipinski definition) is 2. The van der Waals surface area contributed by atoms with E-state index in [1.54, 1.807) is 6.07 Å². The van der Waals surface area contributed by atoms with Crippen molar-refractivity contribution in [3.8, 4) is 0 Å². The van der Waals surface area contributed by atoms with E-state index in [4.69, 9.17) is 0 Å². The van der Waals surface area contributed by atoms with E-state index in [1.807, 2.05) is 24.1 Å². The molecule has 2 atom stereocenters. The number of aromatic amines is 1. The van der Waals surface area contributed by atoms with Crippen molar-refractivity contribution in [2.24, 2.45) is 0 Å². The molecule has 0 radical (unpaired) electrons. The summed E-state index contributed by atoms with van der Waals surface area (Å²) in [5.41, 5.74) is 1.08. The zero-order valence-electron chi connectivity index (χ0n) is 14.8. The predicted octanol–water partition coefficient (Wildman–Crippen LogP) is 3.71. The van der Waals surface area contributed by atoms with Gasteiger partial charge >= 0.3 is 0 Å². The minimum absolute atomic E-state index is 0.0588. The van der Waals surface area contributed by atoms with Gasteiger partial charge < -0.3 is 15.0 Å². The summed E-state index contributed by atoms with van der Waals surface area (Å²) in [5.74, 6) is -0.185. The number of nitrogens with zero attached hydrogens (tertiary/aromatic N) is 1. The Morgan fingerprint density at radius 2 is 2.20 bits per heavy atom. The van der Waals surface area contributed by atoms with E-state index in [0.717, 1.165) is 17.5 Å². The number of aromatic nitrogens is 1. The minimum Gasteiger partial charge on any atom is -0.390 e. The van der Waals surface area contributed by atoms with Crippen molar-refractivity contribution in [3.63, 3.8) is 0 Å². The lowest BCUT2D eigenvalue weighted by Crippen LogP contribution is -2.67. The average molecular weight is 344 g/mol. The van der Waals surface area contributed by atoms with Crippen molar-refractivity contribution >= 4 is 16.8 Å². The number of amides is 1. The number of carbonyl (C=O) groups excluding carboxylic acids is 1. The highest BCUT2D eigenvalue weighted by Gasteiger charge is 2.54. The summed E-state index contributed by atoms with van der Waals surface area (Å²) in [6, 6.07) is 5.29. The molecule has 1 aliphatic carbocycles. The second-order valence-corrected chi connectivity index (χ2v) is 7.87. The van der Waals surface area contributed by atoms with E-state index in [0.29, 0.717) is 31.1 Å². The maximum Gasteiger partial charge on any atom is 0.223 e. The molecule has 5 heteroatoms. The molecule has 4 nitrogen and oxygen atoms in total. The highest BCUT2D eigenvalue weighted by atomic mass is 19.1. The first-order valence-corrected chi connectivity index (χ1v) is 9.21. The van der Waals surface area contributed by atoms with Crippen LogP contribution in [0.15, 0.2) is 24.4 Å². The summed E-state index contributed by atoms with van der Waals surface area (Å²) < 4.78 is 14.2.